The van der Waals surface area contributed by atoms with E-state index in [0.29, 0.717) is 19.0 Å². The van der Waals surface area contributed by atoms with E-state index in [1.165, 1.54) is 19.1 Å². The van der Waals surface area contributed by atoms with Gasteiger partial charge in [-0.15, -0.1) is 0 Å². The number of hydrogen-bond acceptors (Lipinski definition) is 4. The third-order valence-corrected chi connectivity index (χ3v) is 6.03. The summed E-state index contributed by atoms with van der Waals surface area (Å²) in [7, 11) is 2.05. The summed E-state index contributed by atoms with van der Waals surface area (Å²) in [4.78, 5) is 30.4. The molecule has 3 rings (SSSR count). The van der Waals surface area contributed by atoms with Crippen molar-refractivity contribution >= 4 is 11.8 Å². The first-order chi connectivity index (χ1) is 13.4. The largest absolute Gasteiger partial charge is 0.355 e. The molecule has 2 saturated heterocycles. The van der Waals surface area contributed by atoms with Gasteiger partial charge in [0.15, 0.2) is 0 Å². The van der Waals surface area contributed by atoms with E-state index in [1.807, 2.05) is 17.0 Å². The highest BCUT2D eigenvalue weighted by atomic mass is 19.1. The van der Waals surface area contributed by atoms with Crippen molar-refractivity contribution in [1.29, 1.82) is 0 Å². The van der Waals surface area contributed by atoms with Gasteiger partial charge in [-0.2, -0.15) is 0 Å². The van der Waals surface area contributed by atoms with Crippen molar-refractivity contribution in [1.82, 2.24) is 20.0 Å². The van der Waals surface area contributed by atoms with E-state index in [2.05, 4.69) is 22.2 Å². The van der Waals surface area contributed by atoms with Crippen LogP contribution in [0.2, 0.25) is 0 Å². The highest BCUT2D eigenvalue weighted by Gasteiger charge is 2.33. The zero-order chi connectivity index (χ0) is 20.1. The number of benzene rings is 1. The lowest BCUT2D eigenvalue weighted by Crippen LogP contribution is -2.49. The van der Waals surface area contributed by atoms with Crippen molar-refractivity contribution in [3.63, 3.8) is 0 Å². The summed E-state index contributed by atoms with van der Waals surface area (Å²) in [5.74, 6) is 0.000236. The van der Waals surface area contributed by atoms with Gasteiger partial charge in [0, 0.05) is 64.7 Å². The number of nitrogens with zero attached hydrogens (tertiary/aromatic N) is 3. The molecule has 0 aliphatic carbocycles. The van der Waals surface area contributed by atoms with Crippen LogP contribution in [0.25, 0.3) is 0 Å². The standard InChI is InChI=1S/C21H31FN4O2/c1-16(27)23-14-20-8-7-19(24(20)2)13-21(28)26-11-9-25(10-12-26)15-17-3-5-18(22)6-4-17/h3-6,19-20H,7-15H2,1-2H3,(H,23,27)/t19-,20+/m0/s1. The van der Waals surface area contributed by atoms with Gasteiger partial charge in [-0.05, 0) is 37.6 Å². The first-order valence-electron chi connectivity index (χ1n) is 10.1. The predicted octanol–water partition coefficient (Wildman–Crippen LogP) is 1.46. The SMILES string of the molecule is CC(=O)NC[C@H]1CC[C@@H](CC(=O)N2CCN(Cc3ccc(F)cc3)CC2)N1C. The summed E-state index contributed by atoms with van der Waals surface area (Å²) in [6, 6.07) is 7.19. The molecule has 0 aromatic heterocycles. The van der Waals surface area contributed by atoms with Gasteiger partial charge in [-0.25, -0.2) is 4.39 Å². The van der Waals surface area contributed by atoms with E-state index in [0.717, 1.165) is 51.1 Å². The summed E-state index contributed by atoms with van der Waals surface area (Å²) in [6.07, 6.45) is 2.56. The van der Waals surface area contributed by atoms with Gasteiger partial charge in [-0.3, -0.25) is 19.4 Å². The van der Waals surface area contributed by atoms with Crippen LogP contribution in [-0.2, 0) is 16.1 Å². The van der Waals surface area contributed by atoms with E-state index in [9.17, 15) is 14.0 Å². The minimum atomic E-state index is -0.213. The Balaban J connectivity index is 1.41. The van der Waals surface area contributed by atoms with Crippen LogP contribution in [-0.4, -0.2) is 78.4 Å². The Morgan fingerprint density at radius 1 is 1.07 bits per heavy atom. The second-order valence-electron chi connectivity index (χ2n) is 7.98. The molecule has 2 amide bonds. The van der Waals surface area contributed by atoms with Crippen LogP contribution in [0.5, 0.6) is 0 Å². The number of carbonyl (C=O) groups excluding carboxylic acids is 2. The molecule has 1 N–H and O–H groups in total. The quantitative estimate of drug-likeness (QED) is 0.799. The van der Waals surface area contributed by atoms with Gasteiger partial charge in [0.25, 0.3) is 0 Å². The Labute approximate surface area is 166 Å². The number of amides is 2. The first-order valence-corrected chi connectivity index (χ1v) is 10.1. The van der Waals surface area contributed by atoms with Crippen LogP contribution < -0.4 is 5.32 Å². The minimum Gasteiger partial charge on any atom is -0.355 e. The second kappa shape index (κ2) is 9.47. The normalized spacial score (nSPS) is 23.8. The average Bonchev–Trinajstić information content (AvgIpc) is 3.02. The number of piperazine rings is 1. The van der Waals surface area contributed by atoms with Crippen LogP contribution in [0, 0.1) is 5.82 Å². The number of nitrogens with one attached hydrogen (secondary N) is 1. The van der Waals surface area contributed by atoms with Crippen molar-refractivity contribution < 1.29 is 14.0 Å². The van der Waals surface area contributed by atoms with Crippen LogP contribution in [0.15, 0.2) is 24.3 Å². The summed E-state index contributed by atoms with van der Waals surface area (Å²) >= 11 is 0. The monoisotopic (exact) mass is 390 g/mol. The molecule has 0 radical (unpaired) electrons. The maximum atomic E-state index is 13.0. The number of likely N-dealkylation sites (tertiary alicyclic amines) is 1. The van der Waals surface area contributed by atoms with Crippen LogP contribution >= 0.6 is 0 Å². The van der Waals surface area contributed by atoms with Gasteiger partial charge in [0.1, 0.15) is 5.82 Å². The maximum Gasteiger partial charge on any atom is 0.224 e. The molecule has 1 aromatic carbocycles. The molecular weight excluding hydrogens is 359 g/mol. The zero-order valence-electron chi connectivity index (χ0n) is 16.9. The Hall–Kier alpha value is -1.99. The molecule has 2 aliphatic heterocycles. The zero-order valence-corrected chi connectivity index (χ0v) is 16.9. The number of rotatable bonds is 6. The lowest BCUT2D eigenvalue weighted by Gasteiger charge is -2.36. The molecule has 0 unspecified atom stereocenters. The average molecular weight is 391 g/mol. The van der Waals surface area contributed by atoms with Crippen molar-refractivity contribution in [3.05, 3.63) is 35.6 Å². The third kappa shape index (κ3) is 5.52. The van der Waals surface area contributed by atoms with E-state index >= 15 is 0 Å². The van der Waals surface area contributed by atoms with Crippen molar-refractivity contribution in [2.24, 2.45) is 0 Å². The molecule has 0 spiro atoms. The molecule has 2 aliphatic rings. The van der Waals surface area contributed by atoms with Crippen molar-refractivity contribution in [3.8, 4) is 0 Å². The second-order valence-corrected chi connectivity index (χ2v) is 7.98. The summed E-state index contributed by atoms with van der Waals surface area (Å²) < 4.78 is 13.0. The number of carbonyl (C=O) groups is 2. The molecule has 28 heavy (non-hydrogen) atoms. The lowest BCUT2D eigenvalue weighted by molar-refractivity contribution is -0.134. The molecule has 7 heteroatoms. The van der Waals surface area contributed by atoms with Crippen LogP contribution in [0.3, 0.4) is 0 Å². The minimum absolute atomic E-state index is 0.00793. The van der Waals surface area contributed by atoms with E-state index in [4.69, 9.17) is 0 Å². The molecule has 1 aromatic rings. The Bertz CT molecular complexity index is 673. The molecule has 2 atom stereocenters. The Morgan fingerprint density at radius 2 is 1.71 bits per heavy atom. The Morgan fingerprint density at radius 3 is 2.36 bits per heavy atom. The molecule has 2 heterocycles. The molecule has 154 valence electrons. The highest BCUT2D eigenvalue weighted by molar-refractivity contribution is 5.77. The van der Waals surface area contributed by atoms with Crippen LogP contribution in [0.1, 0.15) is 31.7 Å². The molecular formula is C21H31FN4O2. The number of halogens is 1. The van der Waals surface area contributed by atoms with Gasteiger partial charge in [-0.1, -0.05) is 12.1 Å². The molecule has 6 nitrogen and oxygen atoms in total. The molecule has 0 saturated carbocycles. The summed E-state index contributed by atoms with van der Waals surface area (Å²) in [6.45, 7) is 6.14. The number of hydrogen-bond donors (Lipinski definition) is 1. The lowest BCUT2D eigenvalue weighted by atomic mass is 10.1. The fourth-order valence-corrected chi connectivity index (χ4v) is 4.18. The van der Waals surface area contributed by atoms with Crippen molar-refractivity contribution in [2.45, 2.75) is 44.8 Å². The first kappa shape index (κ1) is 20.7. The summed E-state index contributed by atoms with van der Waals surface area (Å²) in [5, 5.41) is 2.88. The van der Waals surface area contributed by atoms with Gasteiger partial charge in [0.05, 0.1) is 0 Å². The molecule has 2 fully saturated rings. The maximum absolute atomic E-state index is 13.0. The fourth-order valence-electron chi connectivity index (χ4n) is 4.18. The van der Waals surface area contributed by atoms with Gasteiger partial charge < -0.3 is 10.2 Å². The third-order valence-electron chi connectivity index (χ3n) is 6.03. The highest BCUT2D eigenvalue weighted by Crippen LogP contribution is 2.25. The van der Waals surface area contributed by atoms with E-state index in [-0.39, 0.29) is 23.7 Å². The predicted molar refractivity (Wildman–Crippen MR) is 106 cm³/mol. The fraction of sp³-hybridized carbons (Fsp3) is 0.619. The number of likely N-dealkylation sites (N-methyl/N-ethyl adjacent to an activating group) is 1. The van der Waals surface area contributed by atoms with Crippen molar-refractivity contribution in [2.75, 3.05) is 39.8 Å². The van der Waals surface area contributed by atoms with E-state index < -0.39 is 0 Å². The summed E-state index contributed by atoms with van der Waals surface area (Å²) in [5.41, 5.74) is 1.10. The van der Waals surface area contributed by atoms with E-state index in [1.54, 1.807) is 0 Å². The van der Waals surface area contributed by atoms with Crippen LogP contribution in [0.4, 0.5) is 4.39 Å². The molecule has 0 bridgehead atoms. The van der Waals surface area contributed by atoms with Gasteiger partial charge in [0.2, 0.25) is 11.8 Å². The Kier molecular flexibility index (Phi) is 7.02. The topological polar surface area (TPSA) is 55.9 Å². The smallest absolute Gasteiger partial charge is 0.224 e. The van der Waals surface area contributed by atoms with Gasteiger partial charge >= 0.3 is 0 Å².